The van der Waals surface area contributed by atoms with Crippen molar-refractivity contribution in [2.45, 2.75) is 63.8 Å². The molecule has 1 saturated heterocycles. The van der Waals surface area contributed by atoms with Crippen molar-refractivity contribution in [1.29, 1.82) is 0 Å². The van der Waals surface area contributed by atoms with Crippen molar-refractivity contribution < 1.29 is 18.0 Å². The van der Waals surface area contributed by atoms with E-state index < -0.39 is 10.0 Å². The molecule has 4 rings (SSSR count). The number of fused-ring (bicyclic) bond motifs is 1. The van der Waals surface area contributed by atoms with Crippen LogP contribution in [0.1, 0.15) is 49.3 Å². The molecular formula is C25H31N3O4S. The van der Waals surface area contributed by atoms with Gasteiger partial charge >= 0.3 is 0 Å². The van der Waals surface area contributed by atoms with Crippen LogP contribution in [0.5, 0.6) is 0 Å². The Hall–Kier alpha value is -2.71. The van der Waals surface area contributed by atoms with Crippen molar-refractivity contribution in [3.63, 3.8) is 0 Å². The number of sulfonamides is 1. The van der Waals surface area contributed by atoms with Crippen LogP contribution in [0, 0.1) is 13.8 Å². The number of anilines is 2. The molecule has 1 atom stereocenters. The van der Waals surface area contributed by atoms with Gasteiger partial charge in [0.25, 0.3) is 0 Å². The molecule has 8 heteroatoms. The minimum Gasteiger partial charge on any atom is -0.324 e. The molecule has 1 N–H and O–H groups in total. The van der Waals surface area contributed by atoms with Crippen molar-refractivity contribution in [1.82, 2.24) is 4.31 Å². The van der Waals surface area contributed by atoms with E-state index in [1.165, 1.54) is 4.90 Å². The van der Waals surface area contributed by atoms with Crippen LogP contribution in [-0.4, -0.2) is 43.7 Å². The molecule has 2 aliphatic heterocycles. The van der Waals surface area contributed by atoms with E-state index in [0.717, 1.165) is 41.6 Å². The van der Waals surface area contributed by atoms with Gasteiger partial charge in [-0.2, -0.15) is 4.31 Å². The second-order valence-electron chi connectivity index (χ2n) is 9.10. The summed E-state index contributed by atoms with van der Waals surface area (Å²) in [7, 11) is -3.60. The Morgan fingerprint density at radius 1 is 1.09 bits per heavy atom. The van der Waals surface area contributed by atoms with Crippen LogP contribution in [0.2, 0.25) is 0 Å². The Morgan fingerprint density at radius 2 is 1.88 bits per heavy atom. The van der Waals surface area contributed by atoms with Gasteiger partial charge in [0.15, 0.2) is 0 Å². The lowest BCUT2D eigenvalue weighted by atomic mass is 10.0. The lowest BCUT2D eigenvalue weighted by Crippen LogP contribution is -2.42. The highest BCUT2D eigenvalue weighted by Crippen LogP contribution is 2.32. The average molecular weight is 470 g/mol. The predicted molar refractivity (Wildman–Crippen MR) is 129 cm³/mol. The number of amides is 2. The lowest BCUT2D eigenvalue weighted by molar-refractivity contribution is -0.121. The van der Waals surface area contributed by atoms with Gasteiger partial charge < -0.3 is 10.2 Å². The van der Waals surface area contributed by atoms with Gasteiger partial charge in [0.2, 0.25) is 21.8 Å². The maximum absolute atomic E-state index is 13.3. The summed E-state index contributed by atoms with van der Waals surface area (Å²) in [6.07, 6.45) is 3.47. The zero-order valence-corrected chi connectivity index (χ0v) is 20.2. The van der Waals surface area contributed by atoms with Gasteiger partial charge in [0, 0.05) is 30.4 Å². The van der Waals surface area contributed by atoms with E-state index in [1.54, 1.807) is 22.5 Å². The number of carbonyl (C=O) groups is 2. The summed E-state index contributed by atoms with van der Waals surface area (Å²) in [5.74, 6) is -0.428. The number of carbonyl (C=O) groups excluding carboxylic acids is 2. The minimum absolute atomic E-state index is 0.0216. The molecule has 2 aromatic carbocycles. The second kappa shape index (κ2) is 9.27. The molecule has 0 bridgehead atoms. The molecular weight excluding hydrogens is 438 g/mol. The largest absolute Gasteiger partial charge is 0.324 e. The number of hydrogen-bond acceptors (Lipinski definition) is 4. The average Bonchev–Trinajstić information content (AvgIpc) is 2.78. The first kappa shape index (κ1) is 23.4. The van der Waals surface area contributed by atoms with Gasteiger partial charge in [-0.05, 0) is 81.0 Å². The zero-order valence-electron chi connectivity index (χ0n) is 19.4. The van der Waals surface area contributed by atoms with Gasteiger partial charge in [-0.15, -0.1) is 0 Å². The third-order valence-corrected chi connectivity index (χ3v) is 8.58. The second-order valence-corrected chi connectivity index (χ2v) is 11.0. The van der Waals surface area contributed by atoms with Gasteiger partial charge in [0.1, 0.15) is 6.54 Å². The Morgan fingerprint density at radius 3 is 2.64 bits per heavy atom. The van der Waals surface area contributed by atoms with E-state index in [-0.39, 0.29) is 35.7 Å². The van der Waals surface area contributed by atoms with Gasteiger partial charge in [0.05, 0.1) is 4.90 Å². The van der Waals surface area contributed by atoms with E-state index in [1.807, 2.05) is 39.0 Å². The molecule has 2 heterocycles. The molecule has 2 aromatic rings. The molecule has 0 aliphatic carbocycles. The highest BCUT2D eigenvalue weighted by atomic mass is 32.2. The normalized spacial score (nSPS) is 19.3. The Bertz CT molecular complexity index is 1190. The first-order chi connectivity index (χ1) is 15.7. The summed E-state index contributed by atoms with van der Waals surface area (Å²) in [6.45, 7) is 6.24. The van der Waals surface area contributed by atoms with Crippen molar-refractivity contribution >= 4 is 33.2 Å². The van der Waals surface area contributed by atoms with E-state index in [2.05, 4.69) is 5.32 Å². The van der Waals surface area contributed by atoms with E-state index in [9.17, 15) is 18.0 Å². The molecule has 0 aromatic heterocycles. The molecule has 1 fully saturated rings. The van der Waals surface area contributed by atoms with E-state index >= 15 is 0 Å². The number of benzene rings is 2. The van der Waals surface area contributed by atoms with Crippen molar-refractivity contribution in [2.24, 2.45) is 0 Å². The van der Waals surface area contributed by atoms with Crippen LogP contribution in [0.15, 0.2) is 41.3 Å². The lowest BCUT2D eigenvalue weighted by Gasteiger charge is -2.33. The van der Waals surface area contributed by atoms with Gasteiger partial charge in [-0.1, -0.05) is 18.6 Å². The van der Waals surface area contributed by atoms with Crippen LogP contribution in [0.25, 0.3) is 0 Å². The number of rotatable bonds is 5. The zero-order chi connectivity index (χ0) is 23.8. The first-order valence-corrected chi connectivity index (χ1v) is 12.9. The van der Waals surface area contributed by atoms with Gasteiger partial charge in [-0.25, -0.2) is 8.42 Å². The van der Waals surface area contributed by atoms with Crippen LogP contribution in [-0.2, 0) is 26.0 Å². The fourth-order valence-electron chi connectivity index (χ4n) is 4.64. The topological polar surface area (TPSA) is 86.8 Å². The molecule has 0 spiro atoms. The molecule has 176 valence electrons. The van der Waals surface area contributed by atoms with E-state index in [4.69, 9.17) is 0 Å². The predicted octanol–water partition coefficient (Wildman–Crippen LogP) is 3.78. The molecule has 0 saturated carbocycles. The van der Waals surface area contributed by atoms with Crippen LogP contribution in [0.4, 0.5) is 11.4 Å². The smallest absolute Gasteiger partial charge is 0.244 e. The van der Waals surface area contributed by atoms with Crippen LogP contribution < -0.4 is 10.2 Å². The summed E-state index contributed by atoms with van der Waals surface area (Å²) in [6, 6.07) is 10.7. The molecule has 0 unspecified atom stereocenters. The van der Waals surface area contributed by atoms with Crippen LogP contribution >= 0.6 is 0 Å². The van der Waals surface area contributed by atoms with E-state index in [0.29, 0.717) is 18.7 Å². The third kappa shape index (κ3) is 4.82. The highest BCUT2D eigenvalue weighted by Gasteiger charge is 2.33. The standard InChI is InChI=1S/C25H31N3O4S/c1-17-7-8-18(2)22(14-17)26-24(29)16-27-23-11-10-21(15-20(23)9-12-25(27)30)33(31,32)28-13-5-4-6-19(28)3/h7-8,10-11,14-15,19H,4-6,9,12-13,16H2,1-3H3,(H,26,29)/t19-/m1/s1. The number of aryl methyl sites for hydroxylation is 3. The Kier molecular flexibility index (Phi) is 6.59. The first-order valence-electron chi connectivity index (χ1n) is 11.5. The number of hydrogen-bond donors (Lipinski definition) is 1. The SMILES string of the molecule is Cc1ccc(C)c(NC(=O)CN2C(=O)CCc3cc(S(=O)(=O)N4CCCC[C@H]4C)ccc32)c1. The summed E-state index contributed by atoms with van der Waals surface area (Å²) < 4.78 is 28.1. The monoisotopic (exact) mass is 469 g/mol. The third-order valence-electron chi connectivity index (χ3n) is 6.57. The molecule has 2 amide bonds. The van der Waals surface area contributed by atoms with Crippen molar-refractivity contribution in [3.8, 4) is 0 Å². The summed E-state index contributed by atoms with van der Waals surface area (Å²) in [4.78, 5) is 27.1. The summed E-state index contributed by atoms with van der Waals surface area (Å²) in [5.41, 5.74) is 4.09. The van der Waals surface area contributed by atoms with Gasteiger partial charge in [-0.3, -0.25) is 9.59 Å². The van der Waals surface area contributed by atoms with Crippen LogP contribution in [0.3, 0.4) is 0 Å². The molecule has 7 nitrogen and oxygen atoms in total. The number of nitrogens with zero attached hydrogens (tertiary/aromatic N) is 2. The Balaban J connectivity index is 1.56. The van der Waals surface area contributed by atoms with Crippen molar-refractivity contribution in [3.05, 3.63) is 53.1 Å². The quantitative estimate of drug-likeness (QED) is 0.722. The fourth-order valence-corrected chi connectivity index (χ4v) is 6.39. The minimum atomic E-state index is -3.60. The maximum atomic E-state index is 13.3. The molecule has 33 heavy (non-hydrogen) atoms. The number of piperidine rings is 1. The Labute approximate surface area is 195 Å². The number of nitrogens with one attached hydrogen (secondary N) is 1. The van der Waals surface area contributed by atoms with Crippen molar-refractivity contribution in [2.75, 3.05) is 23.3 Å². The summed E-state index contributed by atoms with van der Waals surface area (Å²) in [5, 5.41) is 2.90. The highest BCUT2D eigenvalue weighted by molar-refractivity contribution is 7.89. The fraction of sp³-hybridized carbons (Fsp3) is 0.440. The molecule has 0 radical (unpaired) electrons. The molecule has 2 aliphatic rings. The maximum Gasteiger partial charge on any atom is 0.244 e. The summed E-state index contributed by atoms with van der Waals surface area (Å²) >= 11 is 0.